The number of hydrogen-bond acceptors (Lipinski definition) is 1. The van der Waals surface area contributed by atoms with Crippen molar-refractivity contribution < 1.29 is 0 Å². The molecule has 0 aromatic heterocycles. The molecular formula is C44H29N. The molecule has 0 spiro atoms. The summed E-state index contributed by atoms with van der Waals surface area (Å²) in [5, 5.41) is 5.16. The van der Waals surface area contributed by atoms with E-state index in [1.807, 2.05) is 12.1 Å². The molecule has 8 aromatic carbocycles. The van der Waals surface area contributed by atoms with E-state index < -0.39 is 0 Å². The molecule has 0 bridgehead atoms. The van der Waals surface area contributed by atoms with Crippen molar-refractivity contribution in [1.29, 1.82) is 0 Å². The molecule has 45 heavy (non-hydrogen) atoms. The van der Waals surface area contributed by atoms with Gasteiger partial charge in [0.1, 0.15) is 0 Å². The predicted octanol–water partition coefficient (Wildman–Crippen LogP) is 11.9. The molecule has 1 nitrogen and oxygen atoms in total. The molecule has 0 aliphatic heterocycles. The Hall–Kier alpha value is -5.92. The molecule has 1 aliphatic carbocycles. The second-order valence-electron chi connectivity index (χ2n) is 11.9. The minimum Gasteiger partial charge on any atom is -0.399 e. The number of rotatable bonds is 4. The SMILES string of the molecule is Nc1ccc(-c2cccc(-c3ccc4c5c(cccc35)-c3c-4c(-c4ccccc4)c4ccccc4c3-c3ccccc3)c2)cc1. The van der Waals surface area contributed by atoms with Crippen LogP contribution in [0.25, 0.3) is 88.3 Å². The average molecular weight is 572 g/mol. The molecule has 210 valence electrons. The first-order chi connectivity index (χ1) is 22.3. The fourth-order valence-corrected chi connectivity index (χ4v) is 7.40. The normalized spacial score (nSPS) is 11.6. The molecular weight excluding hydrogens is 542 g/mol. The maximum Gasteiger partial charge on any atom is 0.0314 e. The number of nitrogen functional groups attached to an aromatic ring is 1. The fraction of sp³-hybridized carbons (Fsp3) is 0. The smallest absolute Gasteiger partial charge is 0.0314 e. The van der Waals surface area contributed by atoms with Gasteiger partial charge in [-0.15, -0.1) is 0 Å². The van der Waals surface area contributed by atoms with E-state index in [0.29, 0.717) is 0 Å². The number of anilines is 1. The van der Waals surface area contributed by atoms with Gasteiger partial charge < -0.3 is 5.73 Å². The first-order valence-electron chi connectivity index (χ1n) is 15.5. The van der Waals surface area contributed by atoms with Crippen LogP contribution in [0.5, 0.6) is 0 Å². The van der Waals surface area contributed by atoms with Gasteiger partial charge in [0.25, 0.3) is 0 Å². The molecule has 0 radical (unpaired) electrons. The molecule has 0 unspecified atom stereocenters. The van der Waals surface area contributed by atoms with Crippen molar-refractivity contribution in [2.45, 2.75) is 0 Å². The largest absolute Gasteiger partial charge is 0.399 e. The fourth-order valence-electron chi connectivity index (χ4n) is 7.40. The van der Waals surface area contributed by atoms with E-state index in [1.165, 1.54) is 82.7 Å². The van der Waals surface area contributed by atoms with E-state index in [4.69, 9.17) is 5.73 Å². The minimum atomic E-state index is 0.777. The molecule has 0 heterocycles. The number of fused-ring (bicyclic) bond motifs is 4. The first kappa shape index (κ1) is 25.6. The van der Waals surface area contributed by atoms with Gasteiger partial charge in [-0.1, -0.05) is 146 Å². The Morgan fingerprint density at radius 2 is 0.778 bits per heavy atom. The van der Waals surface area contributed by atoms with Crippen LogP contribution in [0, 0.1) is 0 Å². The molecule has 0 fully saturated rings. The first-order valence-corrected chi connectivity index (χ1v) is 15.5. The van der Waals surface area contributed by atoms with Crippen molar-refractivity contribution in [2.24, 2.45) is 0 Å². The zero-order valence-electron chi connectivity index (χ0n) is 24.7. The van der Waals surface area contributed by atoms with Crippen LogP contribution in [-0.2, 0) is 0 Å². The molecule has 2 N–H and O–H groups in total. The summed E-state index contributed by atoms with van der Waals surface area (Å²) in [5.74, 6) is 0. The second-order valence-corrected chi connectivity index (χ2v) is 11.9. The van der Waals surface area contributed by atoms with E-state index in [-0.39, 0.29) is 0 Å². The lowest BCUT2D eigenvalue weighted by atomic mass is 9.82. The van der Waals surface area contributed by atoms with Gasteiger partial charge in [0, 0.05) is 5.69 Å². The molecule has 0 saturated carbocycles. The predicted molar refractivity (Wildman–Crippen MR) is 192 cm³/mol. The standard InChI is InChI=1S/C44H29N/c45-33-23-21-28(22-24-33)31-15-9-16-32(27-31)34-25-26-39-42-35(34)19-10-20-38(42)43-40(29-11-3-1-4-12-29)36-17-7-8-18-37(36)41(44(39)43)30-13-5-2-6-14-30/h1-27H,45H2. The maximum atomic E-state index is 5.99. The summed E-state index contributed by atoms with van der Waals surface area (Å²) in [6.07, 6.45) is 0. The van der Waals surface area contributed by atoms with Crippen molar-refractivity contribution in [1.82, 2.24) is 0 Å². The summed E-state index contributed by atoms with van der Waals surface area (Å²) in [6.45, 7) is 0. The summed E-state index contributed by atoms with van der Waals surface area (Å²) >= 11 is 0. The van der Waals surface area contributed by atoms with E-state index in [9.17, 15) is 0 Å². The molecule has 0 amide bonds. The molecule has 1 aliphatic rings. The highest BCUT2D eigenvalue weighted by atomic mass is 14.5. The summed E-state index contributed by atoms with van der Waals surface area (Å²) in [4.78, 5) is 0. The van der Waals surface area contributed by atoms with Crippen molar-refractivity contribution in [3.63, 3.8) is 0 Å². The Kier molecular flexibility index (Phi) is 5.73. The summed E-state index contributed by atoms with van der Waals surface area (Å²) in [6, 6.07) is 59.3. The second kappa shape index (κ2) is 10.1. The average Bonchev–Trinajstić information content (AvgIpc) is 3.43. The topological polar surface area (TPSA) is 26.0 Å². The van der Waals surface area contributed by atoms with Crippen LogP contribution in [0.15, 0.2) is 164 Å². The highest BCUT2D eigenvalue weighted by Crippen LogP contribution is 2.58. The lowest BCUT2D eigenvalue weighted by Gasteiger charge is -2.20. The lowest BCUT2D eigenvalue weighted by Crippen LogP contribution is -1.93. The Morgan fingerprint density at radius 3 is 1.42 bits per heavy atom. The molecule has 0 atom stereocenters. The highest BCUT2D eigenvalue weighted by molar-refractivity contribution is 6.28. The molecule has 1 heteroatoms. The monoisotopic (exact) mass is 571 g/mol. The van der Waals surface area contributed by atoms with Gasteiger partial charge in [-0.3, -0.25) is 0 Å². The van der Waals surface area contributed by atoms with Crippen LogP contribution in [-0.4, -0.2) is 0 Å². The Morgan fingerprint density at radius 1 is 0.289 bits per heavy atom. The van der Waals surface area contributed by atoms with Gasteiger partial charge in [-0.25, -0.2) is 0 Å². The third kappa shape index (κ3) is 3.95. The maximum absolute atomic E-state index is 5.99. The van der Waals surface area contributed by atoms with Crippen LogP contribution in [0.4, 0.5) is 5.69 Å². The minimum absolute atomic E-state index is 0.777. The number of benzene rings is 8. The Bertz CT molecular complexity index is 2310. The summed E-state index contributed by atoms with van der Waals surface area (Å²) < 4.78 is 0. The van der Waals surface area contributed by atoms with Crippen LogP contribution < -0.4 is 5.73 Å². The van der Waals surface area contributed by atoms with Crippen LogP contribution in [0.2, 0.25) is 0 Å². The van der Waals surface area contributed by atoms with E-state index in [2.05, 4.69) is 152 Å². The van der Waals surface area contributed by atoms with E-state index >= 15 is 0 Å². The zero-order valence-corrected chi connectivity index (χ0v) is 24.7. The van der Waals surface area contributed by atoms with Gasteiger partial charge in [0.05, 0.1) is 0 Å². The van der Waals surface area contributed by atoms with Crippen LogP contribution >= 0.6 is 0 Å². The quantitative estimate of drug-likeness (QED) is 0.209. The Balaban J connectivity index is 1.37. The van der Waals surface area contributed by atoms with Gasteiger partial charge >= 0.3 is 0 Å². The van der Waals surface area contributed by atoms with E-state index in [1.54, 1.807) is 0 Å². The lowest BCUT2D eigenvalue weighted by molar-refractivity contribution is 1.60. The summed E-state index contributed by atoms with van der Waals surface area (Å²) in [5.41, 5.74) is 21.9. The zero-order chi connectivity index (χ0) is 29.9. The molecule has 0 saturated heterocycles. The highest BCUT2D eigenvalue weighted by Gasteiger charge is 2.31. The number of hydrogen-bond donors (Lipinski definition) is 1. The van der Waals surface area contributed by atoms with Crippen molar-refractivity contribution in [3.05, 3.63) is 164 Å². The van der Waals surface area contributed by atoms with Gasteiger partial charge in [-0.05, 0) is 107 Å². The van der Waals surface area contributed by atoms with Crippen LogP contribution in [0.1, 0.15) is 0 Å². The third-order valence-corrected chi connectivity index (χ3v) is 9.34. The molecule has 8 aromatic rings. The van der Waals surface area contributed by atoms with Crippen molar-refractivity contribution >= 4 is 27.2 Å². The van der Waals surface area contributed by atoms with Crippen molar-refractivity contribution in [3.8, 4) is 66.8 Å². The Labute approximate surface area is 262 Å². The van der Waals surface area contributed by atoms with Crippen molar-refractivity contribution in [2.75, 3.05) is 5.73 Å². The van der Waals surface area contributed by atoms with Gasteiger partial charge in [0.2, 0.25) is 0 Å². The van der Waals surface area contributed by atoms with E-state index in [0.717, 1.165) is 11.3 Å². The van der Waals surface area contributed by atoms with Crippen LogP contribution in [0.3, 0.4) is 0 Å². The number of nitrogens with two attached hydrogens (primary N) is 1. The third-order valence-electron chi connectivity index (χ3n) is 9.34. The van der Waals surface area contributed by atoms with Gasteiger partial charge in [0.15, 0.2) is 0 Å². The molecule has 9 rings (SSSR count). The summed E-state index contributed by atoms with van der Waals surface area (Å²) in [7, 11) is 0. The van der Waals surface area contributed by atoms with Gasteiger partial charge in [-0.2, -0.15) is 0 Å².